The fourth-order valence-corrected chi connectivity index (χ4v) is 2.94. The lowest BCUT2D eigenvalue weighted by Crippen LogP contribution is -1.98. The van der Waals surface area contributed by atoms with Crippen molar-refractivity contribution in [2.75, 3.05) is 0 Å². The number of rotatable bonds is 3. The standard InChI is InChI=1S/C12H7BrClNO2S/c13-7-5-9(14)11(15-6-7)18-10-4-2-1-3-8(10)12(16)17/h1-6H,(H,16,17). The van der Waals surface area contributed by atoms with Gasteiger partial charge >= 0.3 is 5.97 Å². The molecule has 1 heterocycles. The number of nitrogens with zero attached hydrogens (tertiary/aromatic N) is 1. The van der Waals surface area contributed by atoms with Crippen LogP contribution in [-0.2, 0) is 0 Å². The second-order valence-corrected chi connectivity index (χ2v) is 5.70. The molecule has 2 rings (SSSR count). The Balaban J connectivity index is 2.37. The number of aromatic carboxylic acids is 1. The van der Waals surface area contributed by atoms with Gasteiger partial charge in [-0.1, -0.05) is 35.5 Å². The molecule has 0 spiro atoms. The van der Waals surface area contributed by atoms with Crippen molar-refractivity contribution in [1.82, 2.24) is 4.98 Å². The monoisotopic (exact) mass is 343 g/mol. The highest BCUT2D eigenvalue weighted by Gasteiger charge is 2.12. The fraction of sp³-hybridized carbons (Fsp3) is 0. The summed E-state index contributed by atoms with van der Waals surface area (Å²) in [5.41, 5.74) is 0.239. The molecule has 2 aromatic rings. The lowest BCUT2D eigenvalue weighted by molar-refractivity contribution is 0.0693. The van der Waals surface area contributed by atoms with E-state index in [0.717, 1.165) is 4.47 Å². The van der Waals surface area contributed by atoms with Crippen molar-refractivity contribution in [2.24, 2.45) is 0 Å². The minimum atomic E-state index is -0.966. The third-order valence-electron chi connectivity index (χ3n) is 2.10. The number of halogens is 2. The van der Waals surface area contributed by atoms with Crippen LogP contribution in [0, 0.1) is 0 Å². The van der Waals surface area contributed by atoms with Gasteiger partial charge in [0.2, 0.25) is 0 Å². The van der Waals surface area contributed by atoms with E-state index in [4.69, 9.17) is 16.7 Å². The Bertz CT molecular complexity index is 606. The average molecular weight is 345 g/mol. The Labute approximate surface area is 121 Å². The molecular formula is C12H7BrClNO2S. The van der Waals surface area contributed by atoms with Crippen LogP contribution in [0.3, 0.4) is 0 Å². The summed E-state index contributed by atoms with van der Waals surface area (Å²) in [5, 5.41) is 10.1. The maximum atomic E-state index is 11.1. The highest BCUT2D eigenvalue weighted by atomic mass is 79.9. The minimum Gasteiger partial charge on any atom is -0.478 e. The molecule has 1 aromatic heterocycles. The molecule has 0 aliphatic heterocycles. The number of pyridine rings is 1. The number of benzene rings is 1. The van der Waals surface area contributed by atoms with Crippen molar-refractivity contribution in [3.05, 3.63) is 51.6 Å². The largest absolute Gasteiger partial charge is 0.478 e. The van der Waals surface area contributed by atoms with E-state index in [2.05, 4.69) is 20.9 Å². The third kappa shape index (κ3) is 3.04. The smallest absolute Gasteiger partial charge is 0.336 e. The first-order valence-corrected chi connectivity index (χ1v) is 6.88. The van der Waals surface area contributed by atoms with Crippen molar-refractivity contribution in [1.29, 1.82) is 0 Å². The lowest BCUT2D eigenvalue weighted by atomic mass is 10.2. The summed E-state index contributed by atoms with van der Waals surface area (Å²) in [6.07, 6.45) is 1.62. The summed E-state index contributed by atoms with van der Waals surface area (Å²) >= 11 is 10.6. The number of carboxylic acids is 1. The SMILES string of the molecule is O=C(O)c1ccccc1Sc1ncc(Br)cc1Cl. The van der Waals surface area contributed by atoms with E-state index >= 15 is 0 Å². The Morgan fingerprint density at radius 3 is 2.78 bits per heavy atom. The molecule has 1 aromatic carbocycles. The molecule has 0 aliphatic carbocycles. The van der Waals surface area contributed by atoms with Crippen LogP contribution < -0.4 is 0 Å². The Kier molecular flexibility index (Phi) is 4.27. The van der Waals surface area contributed by atoms with Gasteiger partial charge in [0, 0.05) is 15.6 Å². The molecular weight excluding hydrogens is 338 g/mol. The van der Waals surface area contributed by atoms with Crippen LogP contribution >= 0.6 is 39.3 Å². The average Bonchev–Trinajstić information content (AvgIpc) is 2.33. The molecule has 92 valence electrons. The van der Waals surface area contributed by atoms with Crippen LogP contribution in [-0.4, -0.2) is 16.1 Å². The van der Waals surface area contributed by atoms with E-state index in [1.54, 1.807) is 36.5 Å². The Morgan fingerprint density at radius 2 is 2.11 bits per heavy atom. The Morgan fingerprint density at radius 1 is 1.39 bits per heavy atom. The molecule has 0 atom stereocenters. The quantitative estimate of drug-likeness (QED) is 0.899. The van der Waals surface area contributed by atoms with Gasteiger partial charge in [0.1, 0.15) is 5.03 Å². The van der Waals surface area contributed by atoms with Gasteiger partial charge in [-0.3, -0.25) is 0 Å². The molecule has 0 radical (unpaired) electrons. The van der Waals surface area contributed by atoms with Crippen molar-refractivity contribution >= 4 is 45.3 Å². The van der Waals surface area contributed by atoms with Gasteiger partial charge in [0.25, 0.3) is 0 Å². The van der Waals surface area contributed by atoms with E-state index in [0.29, 0.717) is 14.9 Å². The van der Waals surface area contributed by atoms with Gasteiger partial charge in [0.05, 0.1) is 10.6 Å². The highest BCUT2D eigenvalue weighted by molar-refractivity contribution is 9.10. The van der Waals surface area contributed by atoms with E-state index < -0.39 is 5.97 Å². The number of hydrogen-bond acceptors (Lipinski definition) is 3. The lowest BCUT2D eigenvalue weighted by Gasteiger charge is -2.06. The van der Waals surface area contributed by atoms with Crippen molar-refractivity contribution < 1.29 is 9.90 Å². The van der Waals surface area contributed by atoms with E-state index in [1.165, 1.54) is 11.8 Å². The third-order valence-corrected chi connectivity index (χ3v) is 4.03. The van der Waals surface area contributed by atoms with Crippen LogP contribution in [0.1, 0.15) is 10.4 Å². The number of hydrogen-bond donors (Lipinski definition) is 1. The zero-order valence-electron chi connectivity index (χ0n) is 8.93. The van der Waals surface area contributed by atoms with E-state index in [9.17, 15) is 4.79 Å². The van der Waals surface area contributed by atoms with Crippen molar-refractivity contribution in [2.45, 2.75) is 9.92 Å². The zero-order valence-corrected chi connectivity index (χ0v) is 12.1. The molecule has 18 heavy (non-hydrogen) atoms. The predicted molar refractivity (Wildman–Crippen MR) is 74.5 cm³/mol. The molecule has 0 saturated heterocycles. The van der Waals surface area contributed by atoms with Crippen LogP contribution in [0.15, 0.2) is 50.9 Å². The van der Waals surface area contributed by atoms with Gasteiger partial charge in [-0.2, -0.15) is 0 Å². The highest BCUT2D eigenvalue weighted by Crippen LogP contribution is 2.34. The predicted octanol–water partition coefficient (Wildman–Crippen LogP) is 4.35. The molecule has 6 heteroatoms. The summed E-state index contributed by atoms with van der Waals surface area (Å²) in [7, 11) is 0. The molecule has 0 aliphatic rings. The van der Waals surface area contributed by atoms with Crippen LogP contribution in [0.4, 0.5) is 0 Å². The summed E-state index contributed by atoms with van der Waals surface area (Å²) in [5.74, 6) is -0.966. The molecule has 0 bridgehead atoms. The number of carbonyl (C=O) groups is 1. The first-order chi connectivity index (χ1) is 8.58. The topological polar surface area (TPSA) is 50.2 Å². The summed E-state index contributed by atoms with van der Waals surface area (Å²) < 4.78 is 0.781. The molecule has 3 nitrogen and oxygen atoms in total. The van der Waals surface area contributed by atoms with Crippen molar-refractivity contribution in [3.63, 3.8) is 0 Å². The maximum absolute atomic E-state index is 11.1. The minimum absolute atomic E-state index is 0.239. The first kappa shape index (κ1) is 13.4. The molecule has 0 unspecified atom stereocenters. The van der Waals surface area contributed by atoms with Gasteiger partial charge in [-0.05, 0) is 34.1 Å². The summed E-state index contributed by atoms with van der Waals surface area (Å²) in [6, 6.07) is 8.47. The van der Waals surface area contributed by atoms with Crippen LogP contribution in [0.5, 0.6) is 0 Å². The second kappa shape index (κ2) is 5.73. The number of aromatic nitrogens is 1. The maximum Gasteiger partial charge on any atom is 0.336 e. The molecule has 1 N–H and O–H groups in total. The summed E-state index contributed by atoms with van der Waals surface area (Å²) in [6.45, 7) is 0. The molecule has 0 fully saturated rings. The van der Waals surface area contributed by atoms with Crippen LogP contribution in [0.25, 0.3) is 0 Å². The van der Waals surface area contributed by atoms with Crippen molar-refractivity contribution in [3.8, 4) is 0 Å². The van der Waals surface area contributed by atoms with E-state index in [-0.39, 0.29) is 5.56 Å². The number of carboxylic acid groups (broad SMARTS) is 1. The first-order valence-electron chi connectivity index (χ1n) is 4.89. The van der Waals surface area contributed by atoms with Crippen LogP contribution in [0.2, 0.25) is 5.02 Å². The molecule has 0 saturated carbocycles. The fourth-order valence-electron chi connectivity index (χ4n) is 1.31. The van der Waals surface area contributed by atoms with Gasteiger partial charge in [-0.15, -0.1) is 0 Å². The van der Waals surface area contributed by atoms with Gasteiger partial charge in [0.15, 0.2) is 0 Å². The second-order valence-electron chi connectivity index (χ2n) is 3.34. The van der Waals surface area contributed by atoms with Gasteiger partial charge in [-0.25, -0.2) is 9.78 Å². The molecule has 0 amide bonds. The Hall–Kier alpha value is -1.04. The van der Waals surface area contributed by atoms with E-state index in [1.807, 2.05) is 0 Å². The summed E-state index contributed by atoms with van der Waals surface area (Å²) in [4.78, 5) is 15.9. The normalized spacial score (nSPS) is 10.3. The van der Waals surface area contributed by atoms with Gasteiger partial charge < -0.3 is 5.11 Å². The zero-order chi connectivity index (χ0) is 13.1.